The van der Waals surface area contributed by atoms with E-state index in [9.17, 15) is 19.2 Å². The van der Waals surface area contributed by atoms with Crippen molar-refractivity contribution in [2.75, 3.05) is 13.7 Å². The molecule has 8 nitrogen and oxygen atoms in total. The van der Waals surface area contributed by atoms with Gasteiger partial charge in [-0.05, 0) is 69.8 Å². The molecule has 0 spiro atoms. The standard InChI is InChI=1S/C37H55NO7/c1-10-28-36(8)32(38(34(42)45-36)21-15-14-18-27-16-12-11-13-17-27)25(4)29(39)23(2)22-37(43-9)20-19-35(6,7)31(37)24(3)30(40)26(5)33(41)44-28/h11-13,16-17,23-26,28,31-32H,10,14-15,18-22H2,1-9H3/t23-,24+,25+,26-,28-,31+,32-,36-,37-/m1/s1. The zero-order valence-corrected chi connectivity index (χ0v) is 28.9. The predicted molar refractivity (Wildman–Crippen MR) is 172 cm³/mol. The number of esters is 1. The van der Waals surface area contributed by atoms with E-state index in [2.05, 4.69) is 26.0 Å². The highest BCUT2D eigenvalue weighted by molar-refractivity contribution is 6.00. The number of unbranched alkanes of at least 4 members (excludes halogenated alkanes) is 1. The zero-order chi connectivity index (χ0) is 33.3. The third-order valence-corrected chi connectivity index (χ3v) is 11.5. The molecule has 1 aliphatic carbocycles. The number of ether oxygens (including phenoxy) is 3. The summed E-state index contributed by atoms with van der Waals surface area (Å²) in [5.74, 6) is -3.43. The second-order valence-corrected chi connectivity index (χ2v) is 14.9. The maximum absolute atomic E-state index is 14.4. The fourth-order valence-electron chi connectivity index (χ4n) is 9.22. The molecule has 2 heterocycles. The van der Waals surface area contributed by atoms with Crippen LogP contribution < -0.4 is 0 Å². The van der Waals surface area contributed by atoms with Crippen LogP contribution in [0.1, 0.15) is 99.5 Å². The normalized spacial score (nSPS) is 37.4. The van der Waals surface area contributed by atoms with Crippen molar-refractivity contribution in [3.63, 3.8) is 0 Å². The van der Waals surface area contributed by atoms with E-state index in [0.29, 0.717) is 19.4 Å². The van der Waals surface area contributed by atoms with Gasteiger partial charge in [-0.25, -0.2) is 4.79 Å². The van der Waals surface area contributed by atoms with Crippen molar-refractivity contribution in [1.82, 2.24) is 4.90 Å². The first-order valence-corrected chi connectivity index (χ1v) is 17.0. The van der Waals surface area contributed by atoms with Crippen molar-refractivity contribution >= 4 is 23.6 Å². The van der Waals surface area contributed by atoms with Gasteiger partial charge in [0.25, 0.3) is 0 Å². The lowest BCUT2D eigenvalue weighted by molar-refractivity contribution is -0.173. The summed E-state index contributed by atoms with van der Waals surface area (Å²) >= 11 is 0. The van der Waals surface area contributed by atoms with Gasteiger partial charge in [0.05, 0.1) is 11.6 Å². The number of carbonyl (C=O) groups is 4. The monoisotopic (exact) mass is 625 g/mol. The summed E-state index contributed by atoms with van der Waals surface area (Å²) in [7, 11) is 1.68. The Labute approximate surface area is 269 Å². The van der Waals surface area contributed by atoms with Gasteiger partial charge in [-0.15, -0.1) is 0 Å². The molecule has 3 fully saturated rings. The van der Waals surface area contributed by atoms with E-state index in [1.165, 1.54) is 5.56 Å². The first kappa shape index (κ1) is 35.1. The third-order valence-electron chi connectivity index (χ3n) is 11.5. The van der Waals surface area contributed by atoms with Crippen molar-refractivity contribution in [3.05, 3.63) is 35.9 Å². The van der Waals surface area contributed by atoms with Crippen LogP contribution in [0.15, 0.2) is 30.3 Å². The largest absolute Gasteiger partial charge is 0.458 e. The maximum Gasteiger partial charge on any atom is 0.410 e. The van der Waals surface area contributed by atoms with Crippen LogP contribution >= 0.6 is 0 Å². The van der Waals surface area contributed by atoms with Gasteiger partial charge >= 0.3 is 12.1 Å². The minimum absolute atomic E-state index is 0.0179. The van der Waals surface area contributed by atoms with E-state index in [4.69, 9.17) is 14.2 Å². The number of Topliss-reactive ketones (excluding diaryl/α,β-unsaturated/α-hetero) is 2. The van der Waals surface area contributed by atoms with Gasteiger partial charge < -0.3 is 19.1 Å². The highest BCUT2D eigenvalue weighted by Gasteiger charge is 2.61. The molecule has 2 aliphatic heterocycles. The number of hydrogen-bond donors (Lipinski definition) is 0. The molecule has 3 aliphatic rings. The molecule has 250 valence electrons. The number of aryl methyl sites for hydroxylation is 1. The lowest BCUT2D eigenvalue weighted by atomic mass is 9.64. The highest BCUT2D eigenvalue weighted by atomic mass is 16.6. The van der Waals surface area contributed by atoms with Crippen LogP contribution in [0.2, 0.25) is 0 Å². The molecule has 0 radical (unpaired) electrons. The summed E-state index contributed by atoms with van der Waals surface area (Å²) in [4.78, 5) is 57.3. The minimum Gasteiger partial charge on any atom is -0.458 e. The number of methoxy groups -OCH3 is 1. The molecule has 0 N–H and O–H groups in total. The molecule has 4 rings (SSSR count). The van der Waals surface area contributed by atoms with E-state index in [1.54, 1.807) is 25.9 Å². The highest BCUT2D eigenvalue weighted by Crippen LogP contribution is 2.57. The van der Waals surface area contributed by atoms with Gasteiger partial charge in [-0.2, -0.15) is 0 Å². The summed E-state index contributed by atoms with van der Waals surface area (Å²) < 4.78 is 18.5. The molecule has 1 aromatic rings. The Balaban J connectivity index is 1.71. The molecule has 0 bridgehead atoms. The quantitative estimate of drug-likeness (QED) is 0.186. The van der Waals surface area contributed by atoms with Crippen molar-refractivity contribution in [1.29, 1.82) is 0 Å². The van der Waals surface area contributed by atoms with Crippen LogP contribution in [0.25, 0.3) is 0 Å². The molecule has 9 atom stereocenters. The van der Waals surface area contributed by atoms with Gasteiger partial charge in [-0.3, -0.25) is 14.4 Å². The van der Waals surface area contributed by atoms with Crippen LogP contribution in [-0.2, 0) is 35.0 Å². The number of ketones is 2. The van der Waals surface area contributed by atoms with E-state index in [1.807, 2.05) is 45.9 Å². The number of cyclic esters (lactones) is 1. The number of benzene rings is 1. The van der Waals surface area contributed by atoms with Crippen LogP contribution in [-0.4, -0.2) is 65.5 Å². The lowest BCUT2D eigenvalue weighted by Gasteiger charge is -2.45. The van der Waals surface area contributed by atoms with Crippen LogP contribution in [0.4, 0.5) is 4.79 Å². The Hall–Kier alpha value is -2.74. The third kappa shape index (κ3) is 6.59. The molecule has 0 unspecified atom stereocenters. The SMILES string of the molecule is CC[C@H]1OC(=O)[C@H](C)C(=O)[C@H](C)[C@H]2C(C)(C)CC[C@@]2(OC)C[C@@H](C)C(=O)[C@H](C)[C@H]2N(CCCCc3ccccc3)C(=O)O[C@]12C. The van der Waals surface area contributed by atoms with Crippen molar-refractivity contribution in [3.8, 4) is 0 Å². The molecular weight excluding hydrogens is 570 g/mol. The van der Waals surface area contributed by atoms with Crippen molar-refractivity contribution in [2.45, 2.75) is 124 Å². The van der Waals surface area contributed by atoms with E-state index in [0.717, 1.165) is 32.1 Å². The van der Waals surface area contributed by atoms with E-state index >= 15 is 0 Å². The molecule has 2 saturated heterocycles. The number of hydrogen-bond acceptors (Lipinski definition) is 7. The second kappa shape index (κ2) is 13.5. The fourth-order valence-corrected chi connectivity index (χ4v) is 9.22. The smallest absolute Gasteiger partial charge is 0.410 e. The predicted octanol–water partition coefficient (Wildman–Crippen LogP) is 6.82. The first-order chi connectivity index (χ1) is 21.1. The molecule has 1 saturated carbocycles. The second-order valence-electron chi connectivity index (χ2n) is 14.9. The molecule has 0 aromatic heterocycles. The zero-order valence-electron chi connectivity index (χ0n) is 28.9. The minimum atomic E-state index is -1.27. The maximum atomic E-state index is 14.4. The number of carbonyl (C=O) groups excluding carboxylic acids is 4. The summed E-state index contributed by atoms with van der Waals surface area (Å²) in [6, 6.07) is 9.58. The molecule has 1 aromatic carbocycles. The Bertz CT molecular complexity index is 1250. The Morgan fingerprint density at radius 3 is 2.20 bits per heavy atom. The Morgan fingerprint density at radius 1 is 0.911 bits per heavy atom. The molecule has 1 amide bonds. The number of nitrogens with zero attached hydrogens (tertiary/aromatic N) is 1. The number of amides is 1. The lowest BCUT2D eigenvalue weighted by Crippen LogP contribution is -2.58. The molecule has 45 heavy (non-hydrogen) atoms. The van der Waals surface area contributed by atoms with Crippen LogP contribution in [0.3, 0.4) is 0 Å². The first-order valence-electron chi connectivity index (χ1n) is 17.0. The van der Waals surface area contributed by atoms with Crippen molar-refractivity contribution in [2.24, 2.45) is 35.0 Å². The van der Waals surface area contributed by atoms with E-state index in [-0.39, 0.29) is 28.8 Å². The summed E-state index contributed by atoms with van der Waals surface area (Å²) in [6.45, 7) is 15.7. The van der Waals surface area contributed by atoms with Gasteiger partial charge in [0.1, 0.15) is 23.6 Å². The topological polar surface area (TPSA) is 99.2 Å². The van der Waals surface area contributed by atoms with Crippen LogP contribution in [0, 0.1) is 35.0 Å². The Kier molecular flexibility index (Phi) is 10.6. The van der Waals surface area contributed by atoms with Crippen molar-refractivity contribution < 1.29 is 33.4 Å². The summed E-state index contributed by atoms with van der Waals surface area (Å²) in [5, 5.41) is 0. The summed E-state index contributed by atoms with van der Waals surface area (Å²) in [5.41, 5.74) is -0.967. The van der Waals surface area contributed by atoms with Gasteiger partial charge in [0.2, 0.25) is 0 Å². The number of rotatable bonds is 7. The van der Waals surface area contributed by atoms with Gasteiger partial charge in [-0.1, -0.05) is 71.9 Å². The molecular formula is C37H55NO7. The van der Waals surface area contributed by atoms with Crippen LogP contribution in [0.5, 0.6) is 0 Å². The Morgan fingerprint density at radius 2 is 1.58 bits per heavy atom. The van der Waals surface area contributed by atoms with Gasteiger partial charge in [0, 0.05) is 37.3 Å². The molecule has 8 heteroatoms. The van der Waals surface area contributed by atoms with Gasteiger partial charge in [0.15, 0.2) is 5.60 Å². The summed E-state index contributed by atoms with van der Waals surface area (Å²) in [6.07, 6.45) is 3.54. The van der Waals surface area contributed by atoms with E-state index < -0.39 is 53.2 Å². The average Bonchev–Trinajstić information content (AvgIpc) is 3.43. The average molecular weight is 626 g/mol. The fraction of sp³-hybridized carbons (Fsp3) is 0.730. The number of fused-ring (bicyclic) bond motifs is 2.